The van der Waals surface area contributed by atoms with Gasteiger partial charge in [0.25, 0.3) is 0 Å². The van der Waals surface area contributed by atoms with Crippen LogP contribution in [0.25, 0.3) is 0 Å². The summed E-state index contributed by atoms with van der Waals surface area (Å²) in [6.45, 7) is 1.36. The van der Waals surface area contributed by atoms with Crippen LogP contribution in [-0.2, 0) is 4.79 Å². The zero-order valence-corrected chi connectivity index (χ0v) is 5.32. The van der Waals surface area contributed by atoms with Crippen LogP contribution in [0.2, 0.25) is 0 Å². The van der Waals surface area contributed by atoms with Gasteiger partial charge in [-0.1, -0.05) is 12.8 Å². The SMILES string of the molecule is O=C1CCNCN1S. The number of amides is 1. The van der Waals surface area contributed by atoms with Crippen LogP contribution in [0.1, 0.15) is 6.42 Å². The van der Waals surface area contributed by atoms with Crippen LogP contribution in [0.5, 0.6) is 0 Å². The molecule has 0 saturated carbocycles. The highest BCUT2D eigenvalue weighted by Gasteiger charge is 2.12. The molecule has 1 heterocycles. The summed E-state index contributed by atoms with van der Waals surface area (Å²) in [5.41, 5.74) is 0. The average molecular weight is 132 g/mol. The lowest BCUT2D eigenvalue weighted by molar-refractivity contribution is -0.127. The van der Waals surface area contributed by atoms with Crippen molar-refractivity contribution in [3.63, 3.8) is 0 Å². The zero-order valence-electron chi connectivity index (χ0n) is 4.42. The second kappa shape index (κ2) is 2.37. The maximum absolute atomic E-state index is 10.6. The minimum absolute atomic E-state index is 0.104. The lowest BCUT2D eigenvalue weighted by Gasteiger charge is -2.20. The summed E-state index contributed by atoms with van der Waals surface area (Å²) in [6, 6.07) is 0. The molecule has 0 bridgehead atoms. The molecule has 8 heavy (non-hydrogen) atoms. The lowest BCUT2D eigenvalue weighted by atomic mass is 10.4. The van der Waals surface area contributed by atoms with Gasteiger partial charge in [-0.3, -0.25) is 14.4 Å². The summed E-state index contributed by atoms with van der Waals surface area (Å²) in [4.78, 5) is 10.6. The second-order valence-corrected chi connectivity index (χ2v) is 2.18. The average Bonchev–Trinajstić information content (AvgIpc) is 1.77. The van der Waals surface area contributed by atoms with E-state index in [1.165, 1.54) is 4.31 Å². The molecule has 1 N–H and O–H groups in total. The summed E-state index contributed by atoms with van der Waals surface area (Å²) in [5, 5.41) is 2.99. The Hall–Kier alpha value is -0.220. The Balaban J connectivity index is 2.39. The van der Waals surface area contributed by atoms with Gasteiger partial charge in [-0.05, 0) is 0 Å². The summed E-state index contributed by atoms with van der Waals surface area (Å²) in [5.74, 6) is 0.104. The third kappa shape index (κ3) is 1.14. The first-order valence-electron chi connectivity index (χ1n) is 2.50. The molecule has 0 aromatic heterocycles. The largest absolute Gasteiger partial charge is 0.299 e. The van der Waals surface area contributed by atoms with Gasteiger partial charge in [0.05, 0.1) is 6.67 Å². The first kappa shape index (κ1) is 5.91. The minimum atomic E-state index is 0.104. The van der Waals surface area contributed by atoms with E-state index in [1.54, 1.807) is 0 Å². The van der Waals surface area contributed by atoms with E-state index in [0.717, 1.165) is 6.54 Å². The van der Waals surface area contributed by atoms with Gasteiger partial charge in [-0.2, -0.15) is 0 Å². The molecule has 0 spiro atoms. The van der Waals surface area contributed by atoms with Crippen LogP contribution in [0.15, 0.2) is 0 Å². The van der Waals surface area contributed by atoms with Gasteiger partial charge in [0.2, 0.25) is 5.91 Å². The van der Waals surface area contributed by atoms with E-state index in [-0.39, 0.29) is 5.91 Å². The van der Waals surface area contributed by atoms with Gasteiger partial charge in [-0.25, -0.2) is 0 Å². The molecule has 4 heteroatoms. The minimum Gasteiger partial charge on any atom is -0.299 e. The molecule has 1 saturated heterocycles. The fourth-order valence-electron chi connectivity index (χ4n) is 0.598. The highest BCUT2D eigenvalue weighted by molar-refractivity contribution is 7.78. The van der Waals surface area contributed by atoms with Crippen LogP contribution in [0.4, 0.5) is 0 Å². The number of hydrogen-bond donors (Lipinski definition) is 2. The van der Waals surface area contributed by atoms with Gasteiger partial charge in [-0.15, -0.1) is 0 Å². The Morgan fingerprint density at radius 1 is 1.75 bits per heavy atom. The number of thiol groups is 1. The topological polar surface area (TPSA) is 32.3 Å². The first-order valence-corrected chi connectivity index (χ1v) is 2.90. The number of nitrogens with one attached hydrogen (secondary N) is 1. The van der Waals surface area contributed by atoms with Crippen molar-refractivity contribution < 1.29 is 4.79 Å². The van der Waals surface area contributed by atoms with Crippen LogP contribution >= 0.6 is 12.8 Å². The van der Waals surface area contributed by atoms with E-state index in [0.29, 0.717) is 13.1 Å². The molecule has 1 aliphatic rings. The van der Waals surface area contributed by atoms with Crippen molar-refractivity contribution in [1.29, 1.82) is 0 Å². The highest BCUT2D eigenvalue weighted by Crippen LogP contribution is 1.99. The molecule has 0 atom stereocenters. The van der Waals surface area contributed by atoms with Gasteiger partial charge < -0.3 is 0 Å². The van der Waals surface area contributed by atoms with E-state index in [1.807, 2.05) is 0 Å². The third-order valence-corrected chi connectivity index (χ3v) is 1.43. The van der Waals surface area contributed by atoms with E-state index in [9.17, 15) is 4.79 Å². The Labute approximate surface area is 53.6 Å². The molecule has 0 unspecified atom stereocenters. The normalized spacial score (nSPS) is 21.6. The Bertz CT molecular complexity index is 106. The molecule has 46 valence electrons. The number of carbonyl (C=O) groups is 1. The van der Waals surface area contributed by atoms with E-state index in [2.05, 4.69) is 18.1 Å². The van der Waals surface area contributed by atoms with E-state index in [4.69, 9.17) is 0 Å². The van der Waals surface area contributed by atoms with Crippen molar-refractivity contribution in [3.8, 4) is 0 Å². The Kier molecular flexibility index (Phi) is 1.75. The van der Waals surface area contributed by atoms with Crippen LogP contribution in [0, 0.1) is 0 Å². The standard InChI is InChI=1S/C4H8N2OS/c7-4-1-2-5-3-6(4)8/h5,8H,1-3H2. The molecule has 3 nitrogen and oxygen atoms in total. The molecular formula is C4H8N2OS. The van der Waals surface area contributed by atoms with Crippen molar-refractivity contribution in [1.82, 2.24) is 9.62 Å². The number of carbonyl (C=O) groups excluding carboxylic acids is 1. The van der Waals surface area contributed by atoms with Gasteiger partial charge in [0, 0.05) is 13.0 Å². The fraction of sp³-hybridized carbons (Fsp3) is 0.750. The maximum atomic E-state index is 10.6. The monoisotopic (exact) mass is 132 g/mol. The van der Waals surface area contributed by atoms with Crippen molar-refractivity contribution in [3.05, 3.63) is 0 Å². The van der Waals surface area contributed by atoms with Gasteiger partial charge >= 0.3 is 0 Å². The molecule has 0 aromatic rings. The van der Waals surface area contributed by atoms with E-state index < -0.39 is 0 Å². The second-order valence-electron chi connectivity index (χ2n) is 1.70. The quantitative estimate of drug-likeness (QED) is 0.440. The molecule has 1 fully saturated rings. The summed E-state index contributed by atoms with van der Waals surface area (Å²) in [7, 11) is 0. The summed E-state index contributed by atoms with van der Waals surface area (Å²) >= 11 is 3.88. The predicted octanol–water partition coefficient (Wildman–Crippen LogP) is -0.389. The third-order valence-electron chi connectivity index (χ3n) is 1.07. The molecule has 1 amide bonds. The molecular weight excluding hydrogens is 124 g/mol. The molecule has 1 aliphatic heterocycles. The number of hydrogen-bond acceptors (Lipinski definition) is 3. The van der Waals surface area contributed by atoms with Gasteiger partial charge in [0.1, 0.15) is 0 Å². The maximum Gasteiger partial charge on any atom is 0.234 e. The first-order chi connectivity index (χ1) is 3.80. The molecule has 0 radical (unpaired) electrons. The number of nitrogens with zero attached hydrogens (tertiary/aromatic N) is 1. The van der Waals surface area contributed by atoms with Crippen molar-refractivity contribution in [2.24, 2.45) is 0 Å². The lowest BCUT2D eigenvalue weighted by Crippen LogP contribution is -2.39. The highest BCUT2D eigenvalue weighted by atomic mass is 32.1. The zero-order chi connectivity index (χ0) is 5.98. The van der Waals surface area contributed by atoms with Crippen LogP contribution < -0.4 is 5.32 Å². The van der Waals surface area contributed by atoms with Crippen LogP contribution in [-0.4, -0.2) is 23.4 Å². The summed E-state index contributed by atoms with van der Waals surface area (Å²) < 4.78 is 1.38. The van der Waals surface area contributed by atoms with Crippen molar-refractivity contribution in [2.75, 3.05) is 13.2 Å². The summed E-state index contributed by atoms with van der Waals surface area (Å²) in [6.07, 6.45) is 0.573. The Morgan fingerprint density at radius 2 is 2.50 bits per heavy atom. The van der Waals surface area contributed by atoms with E-state index >= 15 is 0 Å². The molecule has 0 aliphatic carbocycles. The Morgan fingerprint density at radius 3 is 2.88 bits per heavy atom. The predicted molar refractivity (Wildman–Crippen MR) is 33.3 cm³/mol. The smallest absolute Gasteiger partial charge is 0.234 e. The van der Waals surface area contributed by atoms with Crippen LogP contribution in [0.3, 0.4) is 0 Å². The number of rotatable bonds is 0. The van der Waals surface area contributed by atoms with Crippen molar-refractivity contribution >= 4 is 18.7 Å². The van der Waals surface area contributed by atoms with Crippen molar-refractivity contribution in [2.45, 2.75) is 6.42 Å². The fourth-order valence-corrected chi connectivity index (χ4v) is 0.798. The van der Waals surface area contributed by atoms with Gasteiger partial charge in [0.15, 0.2) is 0 Å². The molecule has 0 aromatic carbocycles. The molecule has 1 rings (SSSR count).